The molecule has 0 bridgehead atoms. The summed E-state index contributed by atoms with van der Waals surface area (Å²) in [4.78, 5) is 4.66. The van der Waals surface area contributed by atoms with E-state index in [1.54, 1.807) is 0 Å². The molecule has 0 spiro atoms. The van der Waals surface area contributed by atoms with E-state index in [1.807, 2.05) is 0 Å². The molecule has 0 fully saturated rings. The number of nitrogens with zero attached hydrogens (tertiary/aromatic N) is 2. The monoisotopic (exact) mass is 714 g/mol. The predicted molar refractivity (Wildman–Crippen MR) is 239 cm³/mol. The van der Waals surface area contributed by atoms with E-state index < -0.39 is 0 Å². The zero-order valence-electron chi connectivity index (χ0n) is 30.8. The van der Waals surface area contributed by atoms with Crippen LogP contribution in [0.25, 0.3) is 54.6 Å². The molecule has 0 radical (unpaired) electrons. The molecule has 0 aliphatic carbocycles. The average molecular weight is 715 g/mol. The van der Waals surface area contributed by atoms with E-state index in [2.05, 4.69) is 240 Å². The van der Waals surface area contributed by atoms with Crippen LogP contribution >= 0.6 is 0 Å². The van der Waals surface area contributed by atoms with E-state index in [1.165, 1.54) is 54.6 Å². The molecule has 0 heterocycles. The molecule has 0 aliphatic rings. The Bertz CT molecular complexity index is 2830. The van der Waals surface area contributed by atoms with Crippen LogP contribution in [0.15, 0.2) is 231 Å². The van der Waals surface area contributed by atoms with E-state index >= 15 is 0 Å². The van der Waals surface area contributed by atoms with E-state index in [0.29, 0.717) is 0 Å². The third-order valence-electron chi connectivity index (χ3n) is 10.8. The lowest BCUT2D eigenvalue weighted by Crippen LogP contribution is -2.09. The molecule has 56 heavy (non-hydrogen) atoms. The summed E-state index contributed by atoms with van der Waals surface area (Å²) in [5.41, 5.74) is 11.6. The minimum atomic E-state index is 1.11. The third kappa shape index (κ3) is 6.34. The van der Waals surface area contributed by atoms with Crippen molar-refractivity contribution >= 4 is 66.4 Å². The van der Waals surface area contributed by atoms with Gasteiger partial charge in [-0.15, -0.1) is 0 Å². The Kier molecular flexibility index (Phi) is 8.55. The molecule has 10 aromatic rings. The van der Waals surface area contributed by atoms with Crippen molar-refractivity contribution in [1.29, 1.82) is 0 Å². The molecule has 0 N–H and O–H groups in total. The van der Waals surface area contributed by atoms with Gasteiger partial charge in [-0.25, -0.2) is 0 Å². The quantitative estimate of drug-likeness (QED) is 0.155. The summed E-state index contributed by atoms with van der Waals surface area (Å²) in [6, 6.07) is 83.1. The summed E-state index contributed by atoms with van der Waals surface area (Å²) in [5.74, 6) is 0. The number of hydrogen-bond donors (Lipinski definition) is 0. The van der Waals surface area contributed by atoms with E-state index in [4.69, 9.17) is 0 Å². The summed E-state index contributed by atoms with van der Waals surface area (Å²) in [6.45, 7) is 0. The lowest BCUT2D eigenvalue weighted by Gasteiger charge is -2.26. The fraction of sp³-hybridized carbons (Fsp3) is 0. The van der Waals surface area contributed by atoms with Crippen LogP contribution in [-0.4, -0.2) is 0 Å². The van der Waals surface area contributed by atoms with Gasteiger partial charge in [0.25, 0.3) is 0 Å². The second-order valence-corrected chi connectivity index (χ2v) is 14.2. The first-order chi connectivity index (χ1) is 27.7. The van der Waals surface area contributed by atoms with Crippen molar-refractivity contribution < 1.29 is 0 Å². The maximum absolute atomic E-state index is 2.36. The molecule has 2 nitrogen and oxygen atoms in total. The molecule has 0 saturated heterocycles. The van der Waals surface area contributed by atoms with Gasteiger partial charge < -0.3 is 9.80 Å². The maximum Gasteiger partial charge on any atom is 0.0468 e. The van der Waals surface area contributed by atoms with Gasteiger partial charge >= 0.3 is 0 Å². The molecule has 10 rings (SSSR count). The van der Waals surface area contributed by atoms with Crippen molar-refractivity contribution in [3.8, 4) is 22.3 Å². The Balaban J connectivity index is 0.977. The number of hydrogen-bond acceptors (Lipinski definition) is 2. The molecule has 10 aromatic carbocycles. The minimum absolute atomic E-state index is 1.11. The maximum atomic E-state index is 2.36. The van der Waals surface area contributed by atoms with Gasteiger partial charge in [0.1, 0.15) is 0 Å². The first kappa shape index (κ1) is 33.2. The minimum Gasteiger partial charge on any atom is -0.311 e. The van der Waals surface area contributed by atoms with Crippen molar-refractivity contribution in [3.63, 3.8) is 0 Å². The van der Waals surface area contributed by atoms with Gasteiger partial charge in [0.15, 0.2) is 0 Å². The van der Waals surface area contributed by atoms with Crippen LogP contribution in [0.4, 0.5) is 34.1 Å². The van der Waals surface area contributed by atoms with Crippen LogP contribution in [0, 0.1) is 0 Å². The fourth-order valence-corrected chi connectivity index (χ4v) is 7.99. The zero-order chi connectivity index (χ0) is 37.3. The highest BCUT2D eigenvalue weighted by molar-refractivity contribution is 5.99. The number of benzene rings is 10. The molecule has 0 saturated carbocycles. The highest BCUT2D eigenvalue weighted by atomic mass is 15.1. The Hall–Kier alpha value is -7.42. The van der Waals surface area contributed by atoms with Gasteiger partial charge in [0.2, 0.25) is 0 Å². The summed E-state index contributed by atoms with van der Waals surface area (Å²) >= 11 is 0. The molecular formula is C54H38N2. The van der Waals surface area contributed by atoms with E-state index in [9.17, 15) is 0 Å². The normalized spacial score (nSPS) is 11.2. The first-order valence-corrected chi connectivity index (χ1v) is 19.2. The molecule has 0 amide bonds. The smallest absolute Gasteiger partial charge is 0.0468 e. The first-order valence-electron chi connectivity index (χ1n) is 19.2. The van der Waals surface area contributed by atoms with Crippen molar-refractivity contribution in [2.24, 2.45) is 0 Å². The Morgan fingerprint density at radius 2 is 0.625 bits per heavy atom. The standard InChI is InChI=1S/C54H38N2/c1-3-17-47(18-4-1)55(48-19-5-2-6-20-48)49-29-22-41(23-30-49)45-28-35-54-46(36-45)16-11-21-53(54)42-26-31-50(32-27-42)56(51-33-24-39-12-7-9-14-43(39)37-51)52-34-25-40-13-8-10-15-44(40)38-52/h1-38H. The molecule has 0 aromatic heterocycles. The van der Waals surface area contributed by atoms with Crippen LogP contribution in [-0.2, 0) is 0 Å². The molecule has 0 atom stereocenters. The second kappa shape index (κ2) is 14.4. The Morgan fingerprint density at radius 3 is 1.18 bits per heavy atom. The van der Waals surface area contributed by atoms with Gasteiger partial charge in [0, 0.05) is 34.1 Å². The van der Waals surface area contributed by atoms with Crippen LogP contribution in [0.2, 0.25) is 0 Å². The van der Waals surface area contributed by atoms with Crippen molar-refractivity contribution in [2.75, 3.05) is 9.80 Å². The number of fused-ring (bicyclic) bond motifs is 3. The van der Waals surface area contributed by atoms with Crippen LogP contribution in [0.5, 0.6) is 0 Å². The lowest BCUT2D eigenvalue weighted by molar-refractivity contribution is 1.28. The molecule has 0 aliphatic heterocycles. The van der Waals surface area contributed by atoms with Gasteiger partial charge in [-0.2, -0.15) is 0 Å². The predicted octanol–water partition coefficient (Wildman–Crippen LogP) is 15.4. The van der Waals surface area contributed by atoms with E-state index in [-0.39, 0.29) is 0 Å². The Morgan fingerprint density at radius 1 is 0.214 bits per heavy atom. The van der Waals surface area contributed by atoms with Gasteiger partial charge in [-0.1, -0.05) is 152 Å². The third-order valence-corrected chi connectivity index (χ3v) is 10.8. The SMILES string of the molecule is c1ccc(N(c2ccccc2)c2ccc(-c3ccc4c(-c5ccc(N(c6ccc7ccccc7c6)c6ccc7ccccc7c6)cc5)cccc4c3)cc2)cc1. The zero-order valence-corrected chi connectivity index (χ0v) is 30.8. The van der Waals surface area contributed by atoms with Crippen molar-refractivity contribution in [1.82, 2.24) is 0 Å². The molecule has 264 valence electrons. The number of rotatable bonds is 8. The van der Waals surface area contributed by atoms with Crippen molar-refractivity contribution in [3.05, 3.63) is 231 Å². The highest BCUT2D eigenvalue weighted by Crippen LogP contribution is 2.40. The second-order valence-electron chi connectivity index (χ2n) is 14.2. The summed E-state index contributed by atoms with van der Waals surface area (Å²) < 4.78 is 0. The lowest BCUT2D eigenvalue weighted by atomic mass is 9.95. The van der Waals surface area contributed by atoms with E-state index in [0.717, 1.165) is 34.1 Å². The Labute approximate surface area is 327 Å². The molecule has 0 unspecified atom stereocenters. The summed E-state index contributed by atoms with van der Waals surface area (Å²) in [6.07, 6.45) is 0. The summed E-state index contributed by atoms with van der Waals surface area (Å²) in [5, 5.41) is 7.37. The molecule has 2 heteroatoms. The van der Waals surface area contributed by atoms with Gasteiger partial charge in [-0.05, 0) is 133 Å². The fourth-order valence-electron chi connectivity index (χ4n) is 7.99. The average Bonchev–Trinajstić information content (AvgIpc) is 3.27. The number of anilines is 6. The van der Waals surface area contributed by atoms with Crippen LogP contribution in [0.1, 0.15) is 0 Å². The van der Waals surface area contributed by atoms with Crippen LogP contribution in [0.3, 0.4) is 0 Å². The van der Waals surface area contributed by atoms with Gasteiger partial charge in [0.05, 0.1) is 0 Å². The van der Waals surface area contributed by atoms with Gasteiger partial charge in [-0.3, -0.25) is 0 Å². The van der Waals surface area contributed by atoms with Crippen molar-refractivity contribution in [2.45, 2.75) is 0 Å². The summed E-state index contributed by atoms with van der Waals surface area (Å²) in [7, 11) is 0. The highest BCUT2D eigenvalue weighted by Gasteiger charge is 2.16. The molecular weight excluding hydrogens is 677 g/mol. The topological polar surface area (TPSA) is 6.48 Å². The van der Waals surface area contributed by atoms with Crippen LogP contribution < -0.4 is 9.80 Å². The number of para-hydroxylation sites is 2. The largest absolute Gasteiger partial charge is 0.311 e.